The van der Waals surface area contributed by atoms with Crippen LogP contribution in [-0.2, 0) is 9.53 Å². The number of hydrogen-bond donors (Lipinski definition) is 0. The van der Waals surface area contributed by atoms with Gasteiger partial charge in [-0.2, -0.15) is 5.26 Å². The summed E-state index contributed by atoms with van der Waals surface area (Å²) in [6.07, 6.45) is 2.90. The normalized spacial score (nSPS) is 10.9. The van der Waals surface area contributed by atoms with Crippen LogP contribution in [0.15, 0.2) is 53.2 Å². The van der Waals surface area contributed by atoms with E-state index in [4.69, 9.17) is 14.4 Å². The molecule has 100 valence electrons. The molecule has 2 rings (SSSR count). The lowest BCUT2D eigenvalue weighted by molar-refractivity contribution is -0.137. The lowest BCUT2D eigenvalue weighted by atomic mass is 10.0. The third-order valence-electron chi connectivity index (χ3n) is 2.64. The molecule has 0 spiro atoms. The minimum Gasteiger partial charge on any atom is -0.464 e. The average Bonchev–Trinajstić information content (AvgIpc) is 2.99. The molecule has 2 aromatic rings. The minimum absolute atomic E-state index is 0.305. The molecule has 0 aliphatic rings. The number of carbonyl (C=O) groups excluding carboxylic acids is 1. The summed E-state index contributed by atoms with van der Waals surface area (Å²) >= 11 is 0. The van der Waals surface area contributed by atoms with Gasteiger partial charge in [-0.05, 0) is 36.8 Å². The molecular formula is C16H13NO3. The van der Waals surface area contributed by atoms with Crippen molar-refractivity contribution in [2.24, 2.45) is 0 Å². The van der Waals surface area contributed by atoms with Crippen LogP contribution >= 0.6 is 0 Å². The van der Waals surface area contributed by atoms with Crippen molar-refractivity contribution in [3.05, 3.63) is 65.6 Å². The first-order chi connectivity index (χ1) is 9.74. The molecule has 0 fully saturated rings. The number of ether oxygens (including phenoxy) is 1. The van der Waals surface area contributed by atoms with Gasteiger partial charge in [-0.1, -0.05) is 12.1 Å². The summed E-state index contributed by atoms with van der Waals surface area (Å²) in [5.41, 5.74) is 1.83. The lowest BCUT2D eigenvalue weighted by Gasteiger charge is -2.05. The second kappa shape index (κ2) is 6.39. The zero-order chi connectivity index (χ0) is 14.4. The molecule has 4 heteroatoms. The summed E-state index contributed by atoms with van der Waals surface area (Å²) in [5, 5.41) is 8.96. The van der Waals surface area contributed by atoms with Crippen molar-refractivity contribution in [1.82, 2.24) is 0 Å². The number of hydrogen-bond acceptors (Lipinski definition) is 4. The van der Waals surface area contributed by atoms with Gasteiger partial charge >= 0.3 is 5.97 Å². The number of esters is 1. The van der Waals surface area contributed by atoms with Gasteiger partial charge in [0.05, 0.1) is 24.5 Å². The van der Waals surface area contributed by atoms with Crippen LogP contribution in [-0.4, -0.2) is 12.6 Å². The number of furan rings is 1. The molecule has 1 aromatic carbocycles. The first-order valence-electron chi connectivity index (χ1n) is 6.17. The fourth-order valence-electron chi connectivity index (χ4n) is 1.79. The smallest absolute Gasteiger partial charge is 0.331 e. The molecule has 0 aliphatic carbocycles. The third kappa shape index (κ3) is 3.15. The number of rotatable bonds is 4. The predicted molar refractivity (Wildman–Crippen MR) is 73.6 cm³/mol. The van der Waals surface area contributed by atoms with Crippen LogP contribution in [0.3, 0.4) is 0 Å². The molecule has 1 aromatic heterocycles. The molecule has 0 N–H and O–H groups in total. The van der Waals surface area contributed by atoms with Gasteiger partial charge in [-0.15, -0.1) is 0 Å². The van der Waals surface area contributed by atoms with Crippen molar-refractivity contribution in [1.29, 1.82) is 5.26 Å². The van der Waals surface area contributed by atoms with Crippen LogP contribution in [0.1, 0.15) is 23.8 Å². The van der Waals surface area contributed by atoms with Gasteiger partial charge < -0.3 is 9.15 Å². The highest BCUT2D eigenvalue weighted by Gasteiger charge is 2.11. The molecule has 0 radical (unpaired) electrons. The number of nitriles is 1. The summed E-state index contributed by atoms with van der Waals surface area (Å²) in [4.78, 5) is 11.7. The van der Waals surface area contributed by atoms with Crippen molar-refractivity contribution in [3.63, 3.8) is 0 Å². The van der Waals surface area contributed by atoms with Gasteiger partial charge in [0.2, 0.25) is 0 Å². The zero-order valence-electron chi connectivity index (χ0n) is 11.0. The highest BCUT2D eigenvalue weighted by atomic mass is 16.5. The van der Waals surface area contributed by atoms with E-state index in [2.05, 4.69) is 6.07 Å². The fraction of sp³-hybridized carbons (Fsp3) is 0.125. The monoisotopic (exact) mass is 267 g/mol. The molecule has 4 nitrogen and oxygen atoms in total. The summed E-state index contributed by atoms with van der Waals surface area (Å²) < 4.78 is 10.3. The maximum absolute atomic E-state index is 11.7. The Morgan fingerprint density at radius 2 is 2.25 bits per heavy atom. The highest BCUT2D eigenvalue weighted by Crippen LogP contribution is 2.24. The third-order valence-corrected chi connectivity index (χ3v) is 2.64. The molecule has 0 unspecified atom stereocenters. The van der Waals surface area contributed by atoms with Crippen LogP contribution in [0.2, 0.25) is 0 Å². The van der Waals surface area contributed by atoms with Crippen molar-refractivity contribution in [3.8, 4) is 6.07 Å². The highest BCUT2D eigenvalue weighted by molar-refractivity contribution is 5.95. The van der Waals surface area contributed by atoms with E-state index in [1.807, 2.05) is 6.07 Å². The van der Waals surface area contributed by atoms with E-state index in [0.29, 0.717) is 23.5 Å². The van der Waals surface area contributed by atoms with Gasteiger partial charge in [0.25, 0.3) is 0 Å². The molecule has 0 saturated carbocycles. The number of benzene rings is 1. The van der Waals surface area contributed by atoms with Gasteiger partial charge in [-0.3, -0.25) is 0 Å². The molecule has 20 heavy (non-hydrogen) atoms. The van der Waals surface area contributed by atoms with Crippen molar-refractivity contribution >= 4 is 11.5 Å². The van der Waals surface area contributed by atoms with E-state index in [-0.39, 0.29) is 0 Å². The quantitative estimate of drug-likeness (QED) is 0.630. The summed E-state index contributed by atoms with van der Waals surface area (Å²) in [5.74, 6) is 0.106. The van der Waals surface area contributed by atoms with Crippen LogP contribution in [0.4, 0.5) is 0 Å². The van der Waals surface area contributed by atoms with Crippen LogP contribution in [0, 0.1) is 11.3 Å². The fourth-order valence-corrected chi connectivity index (χ4v) is 1.79. The van der Waals surface area contributed by atoms with Crippen LogP contribution in [0.25, 0.3) is 5.57 Å². The van der Waals surface area contributed by atoms with E-state index >= 15 is 0 Å². The average molecular weight is 267 g/mol. The van der Waals surface area contributed by atoms with Gasteiger partial charge in [0.1, 0.15) is 5.76 Å². The Morgan fingerprint density at radius 1 is 1.40 bits per heavy atom. The molecule has 0 atom stereocenters. The maximum Gasteiger partial charge on any atom is 0.331 e. The molecular weight excluding hydrogens is 254 g/mol. The van der Waals surface area contributed by atoms with Gasteiger partial charge in [-0.25, -0.2) is 4.79 Å². The Labute approximate surface area is 116 Å². The van der Waals surface area contributed by atoms with Crippen LogP contribution in [0.5, 0.6) is 0 Å². The minimum atomic E-state index is -0.443. The van der Waals surface area contributed by atoms with E-state index in [1.165, 1.54) is 12.3 Å². The standard InChI is InChI=1S/C16H13NO3/c1-2-19-16(18)10-14(15-7-4-8-20-15)13-6-3-5-12(9-13)11-17/h3-10H,2H2,1H3/b14-10+. The van der Waals surface area contributed by atoms with Crippen molar-refractivity contribution in [2.45, 2.75) is 6.92 Å². The molecule has 0 saturated heterocycles. The Balaban J connectivity index is 2.47. The SMILES string of the molecule is CCOC(=O)/C=C(\c1cccc(C#N)c1)c1ccco1. The molecule has 1 heterocycles. The van der Waals surface area contributed by atoms with E-state index in [1.54, 1.807) is 37.3 Å². The second-order valence-corrected chi connectivity index (χ2v) is 3.98. The Bertz CT molecular complexity index is 663. The predicted octanol–water partition coefficient (Wildman–Crippen LogP) is 3.15. The summed E-state index contributed by atoms with van der Waals surface area (Å²) in [6, 6.07) is 12.5. The largest absolute Gasteiger partial charge is 0.464 e. The lowest BCUT2D eigenvalue weighted by Crippen LogP contribution is -2.01. The molecule has 0 bridgehead atoms. The van der Waals surface area contributed by atoms with Gasteiger partial charge in [0, 0.05) is 11.6 Å². The number of carbonyl (C=O) groups is 1. The topological polar surface area (TPSA) is 63.2 Å². The molecule has 0 amide bonds. The second-order valence-electron chi connectivity index (χ2n) is 3.98. The molecule has 0 aliphatic heterocycles. The maximum atomic E-state index is 11.7. The number of nitrogens with zero attached hydrogens (tertiary/aromatic N) is 1. The summed E-state index contributed by atoms with van der Waals surface area (Å²) in [7, 11) is 0. The van der Waals surface area contributed by atoms with E-state index in [9.17, 15) is 4.79 Å². The van der Waals surface area contributed by atoms with E-state index in [0.717, 1.165) is 5.56 Å². The Hall–Kier alpha value is -2.80. The first kappa shape index (κ1) is 13.6. The Morgan fingerprint density at radius 3 is 2.90 bits per heavy atom. The van der Waals surface area contributed by atoms with E-state index < -0.39 is 5.97 Å². The van der Waals surface area contributed by atoms with Crippen molar-refractivity contribution < 1.29 is 13.9 Å². The zero-order valence-corrected chi connectivity index (χ0v) is 11.0. The van der Waals surface area contributed by atoms with Crippen LogP contribution < -0.4 is 0 Å². The Kier molecular flexibility index (Phi) is 4.35. The van der Waals surface area contributed by atoms with Gasteiger partial charge in [0.15, 0.2) is 0 Å². The first-order valence-corrected chi connectivity index (χ1v) is 6.17. The van der Waals surface area contributed by atoms with Crippen molar-refractivity contribution in [2.75, 3.05) is 6.61 Å². The summed E-state index contributed by atoms with van der Waals surface area (Å²) in [6.45, 7) is 2.05.